The summed E-state index contributed by atoms with van der Waals surface area (Å²) in [5.41, 5.74) is 0.579. The Morgan fingerprint density at radius 1 is 1.29 bits per heavy atom. The molecule has 2 atom stereocenters. The van der Waals surface area contributed by atoms with Crippen LogP contribution in [0.4, 0.5) is 13.2 Å². The summed E-state index contributed by atoms with van der Waals surface area (Å²) in [5.74, 6) is -0.910. The maximum Gasteiger partial charge on any atom is 0.151 e. The molecule has 2 aromatic rings. The van der Waals surface area contributed by atoms with Crippen molar-refractivity contribution < 1.29 is 22.7 Å². The van der Waals surface area contributed by atoms with Gasteiger partial charge >= 0.3 is 0 Å². The molecule has 0 amide bonds. The van der Waals surface area contributed by atoms with Gasteiger partial charge in [-0.2, -0.15) is 5.10 Å². The number of fused-ring (bicyclic) bond motifs is 2. The van der Waals surface area contributed by atoms with Crippen LogP contribution in [-0.4, -0.2) is 35.9 Å². The highest BCUT2D eigenvalue weighted by Crippen LogP contribution is 2.58. The van der Waals surface area contributed by atoms with E-state index in [1.54, 1.807) is 18.1 Å². The summed E-state index contributed by atoms with van der Waals surface area (Å²) < 4.78 is 48.9. The summed E-state index contributed by atoms with van der Waals surface area (Å²) in [4.78, 5) is 4.31. The number of hydrogen-bond acceptors (Lipinski definition) is 6. The van der Waals surface area contributed by atoms with Gasteiger partial charge in [-0.3, -0.25) is 4.84 Å². The first-order valence-electron chi connectivity index (χ1n) is 9.74. The van der Waals surface area contributed by atoms with Gasteiger partial charge in [-0.25, -0.2) is 23.2 Å². The number of benzene rings is 2. The zero-order valence-electron chi connectivity index (χ0n) is 17.4. The number of hydrogen-bond donors (Lipinski definition) is 0. The van der Waals surface area contributed by atoms with Crippen molar-refractivity contribution in [3.8, 4) is 5.75 Å². The van der Waals surface area contributed by atoms with E-state index >= 15 is 0 Å². The van der Waals surface area contributed by atoms with E-state index in [9.17, 15) is 13.2 Å². The van der Waals surface area contributed by atoms with Crippen molar-refractivity contribution in [3.05, 3.63) is 77.4 Å². The molecule has 0 aromatic heterocycles. The standard InChI is InChI=1S/C22H22F3N3O2S/c1-5-14-12-30-20-9-7-16(24)11-18(20)22(14)28(13(2)27(3)29-4)26-21(31-22)17-10-15(23)6-8-19(17)25/h6-11,14H,2,5,12H2,1,3-4H3. The Bertz CT molecular complexity index is 1060. The molecule has 0 N–H and O–H groups in total. The Morgan fingerprint density at radius 3 is 2.71 bits per heavy atom. The molecule has 0 saturated heterocycles. The first-order chi connectivity index (χ1) is 14.8. The molecule has 31 heavy (non-hydrogen) atoms. The molecule has 0 fully saturated rings. The number of hydrazone groups is 1. The van der Waals surface area contributed by atoms with Gasteiger partial charge in [0.2, 0.25) is 0 Å². The molecule has 2 aromatic carbocycles. The van der Waals surface area contributed by atoms with Gasteiger partial charge in [0, 0.05) is 24.1 Å². The number of hydroxylamine groups is 2. The van der Waals surface area contributed by atoms with E-state index < -0.39 is 22.3 Å². The van der Waals surface area contributed by atoms with Crippen LogP contribution < -0.4 is 4.74 Å². The van der Waals surface area contributed by atoms with E-state index in [2.05, 4.69) is 11.7 Å². The minimum atomic E-state index is -0.984. The van der Waals surface area contributed by atoms with Crippen molar-refractivity contribution in [2.75, 3.05) is 20.8 Å². The van der Waals surface area contributed by atoms with E-state index in [1.165, 1.54) is 36.1 Å². The predicted molar refractivity (Wildman–Crippen MR) is 114 cm³/mol. The number of ether oxygens (including phenoxy) is 1. The molecule has 9 heteroatoms. The predicted octanol–water partition coefficient (Wildman–Crippen LogP) is 5.05. The number of nitrogens with zero attached hydrogens (tertiary/aromatic N) is 3. The van der Waals surface area contributed by atoms with Crippen molar-refractivity contribution >= 4 is 16.8 Å². The summed E-state index contributed by atoms with van der Waals surface area (Å²) in [7, 11) is 3.14. The largest absolute Gasteiger partial charge is 0.493 e. The molecule has 0 saturated carbocycles. The van der Waals surface area contributed by atoms with E-state index in [-0.39, 0.29) is 16.5 Å². The molecule has 0 aliphatic carbocycles. The van der Waals surface area contributed by atoms with E-state index in [4.69, 9.17) is 9.57 Å². The maximum atomic E-state index is 14.6. The zero-order chi connectivity index (χ0) is 22.3. The topological polar surface area (TPSA) is 37.3 Å². The summed E-state index contributed by atoms with van der Waals surface area (Å²) in [5, 5.41) is 7.92. The van der Waals surface area contributed by atoms with Crippen LogP contribution in [-0.2, 0) is 9.71 Å². The van der Waals surface area contributed by atoms with Crippen LogP contribution in [0.15, 0.2) is 53.9 Å². The fourth-order valence-electron chi connectivity index (χ4n) is 3.89. The maximum absolute atomic E-state index is 14.6. The van der Waals surface area contributed by atoms with Gasteiger partial charge in [-0.1, -0.05) is 25.3 Å². The van der Waals surface area contributed by atoms with Gasteiger partial charge in [0.15, 0.2) is 4.87 Å². The smallest absolute Gasteiger partial charge is 0.151 e. The van der Waals surface area contributed by atoms with Crippen LogP contribution in [0.2, 0.25) is 0 Å². The van der Waals surface area contributed by atoms with Crippen molar-refractivity contribution in [1.29, 1.82) is 0 Å². The van der Waals surface area contributed by atoms with Crippen LogP contribution in [0.25, 0.3) is 0 Å². The van der Waals surface area contributed by atoms with Crippen LogP contribution >= 0.6 is 11.8 Å². The lowest BCUT2D eigenvalue weighted by Gasteiger charge is -2.47. The lowest BCUT2D eigenvalue weighted by Crippen LogP contribution is -2.50. The first kappa shape index (κ1) is 21.6. The molecule has 5 nitrogen and oxygen atoms in total. The fourth-order valence-corrected chi connectivity index (χ4v) is 5.47. The monoisotopic (exact) mass is 449 g/mol. The third-order valence-corrected chi connectivity index (χ3v) is 7.14. The van der Waals surface area contributed by atoms with Crippen molar-refractivity contribution in [2.24, 2.45) is 11.0 Å². The lowest BCUT2D eigenvalue weighted by molar-refractivity contribution is -0.110. The van der Waals surface area contributed by atoms with Gasteiger partial charge in [0.25, 0.3) is 0 Å². The Morgan fingerprint density at radius 2 is 2.00 bits per heavy atom. The number of halogens is 3. The van der Waals surface area contributed by atoms with Gasteiger partial charge in [-0.15, -0.1) is 0 Å². The van der Waals surface area contributed by atoms with E-state index in [1.807, 2.05) is 6.92 Å². The Hall–Kier alpha value is -2.65. The Kier molecular flexibility index (Phi) is 5.65. The van der Waals surface area contributed by atoms with Crippen LogP contribution in [0, 0.1) is 23.4 Å². The summed E-state index contributed by atoms with van der Waals surface area (Å²) in [6, 6.07) is 7.52. The Balaban J connectivity index is 1.94. The molecule has 1 spiro atoms. The Labute approximate surface area is 183 Å². The molecule has 2 heterocycles. The second-order valence-electron chi connectivity index (χ2n) is 7.29. The van der Waals surface area contributed by atoms with Crippen LogP contribution in [0.5, 0.6) is 5.75 Å². The summed E-state index contributed by atoms with van der Waals surface area (Å²) >= 11 is 1.24. The van der Waals surface area contributed by atoms with Crippen LogP contribution in [0.3, 0.4) is 0 Å². The molecule has 0 bridgehead atoms. The highest BCUT2D eigenvalue weighted by Gasteiger charge is 2.56. The zero-order valence-corrected chi connectivity index (χ0v) is 18.2. The molecule has 2 aliphatic heterocycles. The normalized spacial score (nSPS) is 22.2. The average molecular weight is 449 g/mol. The van der Waals surface area contributed by atoms with Crippen molar-refractivity contribution in [1.82, 2.24) is 10.1 Å². The third-order valence-electron chi connectivity index (χ3n) is 5.61. The fraction of sp³-hybridized carbons (Fsp3) is 0.318. The summed E-state index contributed by atoms with van der Waals surface area (Å²) in [6.07, 6.45) is 0.665. The van der Waals surface area contributed by atoms with Gasteiger partial charge in [-0.05, 0) is 42.8 Å². The van der Waals surface area contributed by atoms with Crippen LogP contribution in [0.1, 0.15) is 24.5 Å². The highest BCUT2D eigenvalue weighted by molar-refractivity contribution is 8.15. The SMILES string of the molecule is C=C(N(C)OC)N1N=C(c2cc(F)ccc2F)SC12c1cc(F)ccc1OCC2CC. The number of rotatable bonds is 5. The average Bonchev–Trinajstić information content (AvgIpc) is 3.15. The molecular weight excluding hydrogens is 427 g/mol. The number of thioether (sulfide) groups is 1. The molecule has 4 rings (SSSR count). The molecule has 0 radical (unpaired) electrons. The van der Waals surface area contributed by atoms with Gasteiger partial charge < -0.3 is 4.74 Å². The lowest BCUT2D eigenvalue weighted by atomic mass is 9.87. The second kappa shape index (κ2) is 8.12. The van der Waals surface area contributed by atoms with Crippen molar-refractivity contribution in [3.63, 3.8) is 0 Å². The minimum absolute atomic E-state index is 0.0269. The van der Waals surface area contributed by atoms with Crippen molar-refractivity contribution in [2.45, 2.75) is 18.2 Å². The second-order valence-corrected chi connectivity index (χ2v) is 8.51. The molecule has 2 unspecified atom stereocenters. The summed E-state index contributed by atoms with van der Waals surface area (Å²) in [6.45, 7) is 6.43. The molecular formula is C22H22F3N3O2S. The molecule has 2 aliphatic rings. The molecule has 164 valence electrons. The van der Waals surface area contributed by atoms with Gasteiger partial charge in [0.1, 0.15) is 34.1 Å². The quantitative estimate of drug-likeness (QED) is 0.597. The van der Waals surface area contributed by atoms with Gasteiger partial charge in [0.05, 0.1) is 13.7 Å². The first-order valence-corrected chi connectivity index (χ1v) is 10.6. The third kappa shape index (κ3) is 3.45. The van der Waals surface area contributed by atoms with E-state index in [0.29, 0.717) is 30.2 Å². The van der Waals surface area contributed by atoms with E-state index in [0.717, 1.165) is 18.2 Å². The minimum Gasteiger partial charge on any atom is -0.493 e. The highest BCUT2D eigenvalue weighted by atomic mass is 32.2.